The first-order valence-electron chi connectivity index (χ1n) is 10.6. The van der Waals surface area contributed by atoms with Crippen LogP contribution in [-0.4, -0.2) is 49.1 Å². The maximum absolute atomic E-state index is 13.1. The number of piperidine rings is 1. The molecule has 0 aliphatic carbocycles. The van der Waals surface area contributed by atoms with Crippen molar-refractivity contribution in [3.63, 3.8) is 0 Å². The molecule has 2 heterocycles. The Labute approximate surface area is 177 Å². The van der Waals surface area contributed by atoms with Gasteiger partial charge in [0.2, 0.25) is 0 Å². The van der Waals surface area contributed by atoms with Crippen LogP contribution in [0.15, 0.2) is 42.5 Å². The molecule has 1 saturated heterocycles. The van der Waals surface area contributed by atoms with Gasteiger partial charge < -0.3 is 19.3 Å². The van der Waals surface area contributed by atoms with Crippen LogP contribution < -0.4 is 14.4 Å². The maximum Gasteiger partial charge on any atom is 0.265 e. The molecule has 4 rings (SSSR count). The molecule has 6 heteroatoms. The molecule has 0 spiro atoms. The Morgan fingerprint density at radius 2 is 1.70 bits per heavy atom. The number of nitrogens with zero attached hydrogens (tertiary/aromatic N) is 2. The third-order valence-electron chi connectivity index (χ3n) is 5.77. The third-order valence-corrected chi connectivity index (χ3v) is 5.77. The Bertz CT molecular complexity index is 916. The Balaban J connectivity index is 1.52. The monoisotopic (exact) mass is 408 g/mol. The molecule has 0 N–H and O–H groups in total. The van der Waals surface area contributed by atoms with E-state index in [2.05, 4.69) is 0 Å². The second-order valence-electron chi connectivity index (χ2n) is 7.97. The van der Waals surface area contributed by atoms with E-state index < -0.39 is 6.10 Å². The number of amides is 2. The van der Waals surface area contributed by atoms with Crippen LogP contribution in [0.5, 0.6) is 11.5 Å². The largest absolute Gasteiger partial charge is 0.483 e. The van der Waals surface area contributed by atoms with Crippen molar-refractivity contribution in [3.05, 3.63) is 53.6 Å². The fourth-order valence-electron chi connectivity index (χ4n) is 4.16. The highest BCUT2D eigenvalue weighted by atomic mass is 16.5. The molecule has 0 aromatic heterocycles. The van der Waals surface area contributed by atoms with Gasteiger partial charge in [-0.1, -0.05) is 30.3 Å². The minimum Gasteiger partial charge on any atom is -0.483 e. The number of hydrogen-bond acceptors (Lipinski definition) is 4. The average Bonchev–Trinajstić information content (AvgIpc) is 2.78. The zero-order valence-electron chi connectivity index (χ0n) is 17.6. The number of aryl methyl sites for hydroxylation is 2. The standard InChI is InChI=1S/C24H28N2O4/c1-17-9-8-10-18(2)23(17)29-16-22(27)26-15-21(24(28)25-13-6-3-7-14-25)30-20-12-5-4-11-19(20)26/h4-5,8-12,21H,3,6-7,13-16H2,1-2H3/t21-/m1/s1. The molecule has 0 bridgehead atoms. The van der Waals surface area contributed by atoms with Crippen LogP contribution in [0.3, 0.4) is 0 Å². The lowest BCUT2D eigenvalue weighted by Gasteiger charge is -2.37. The highest BCUT2D eigenvalue weighted by Crippen LogP contribution is 2.34. The number of anilines is 1. The number of likely N-dealkylation sites (tertiary alicyclic amines) is 1. The Morgan fingerprint density at radius 1 is 1.00 bits per heavy atom. The number of carbonyl (C=O) groups excluding carboxylic acids is 2. The van der Waals surface area contributed by atoms with Crippen molar-refractivity contribution in [1.29, 1.82) is 0 Å². The molecular formula is C24H28N2O4. The fourth-order valence-corrected chi connectivity index (χ4v) is 4.16. The summed E-state index contributed by atoms with van der Waals surface area (Å²) >= 11 is 0. The molecule has 2 aliphatic rings. The molecule has 30 heavy (non-hydrogen) atoms. The van der Waals surface area contributed by atoms with Gasteiger partial charge in [0.15, 0.2) is 12.7 Å². The van der Waals surface area contributed by atoms with E-state index in [0.717, 1.165) is 49.2 Å². The first-order chi connectivity index (χ1) is 14.5. The number of rotatable bonds is 4. The molecule has 0 unspecified atom stereocenters. The van der Waals surface area contributed by atoms with Gasteiger partial charge in [-0.25, -0.2) is 0 Å². The van der Waals surface area contributed by atoms with Crippen molar-refractivity contribution in [2.45, 2.75) is 39.2 Å². The summed E-state index contributed by atoms with van der Waals surface area (Å²) in [6.45, 7) is 5.54. The van der Waals surface area contributed by atoms with Crippen molar-refractivity contribution in [2.75, 3.05) is 31.1 Å². The number of carbonyl (C=O) groups is 2. The van der Waals surface area contributed by atoms with Crippen LogP contribution in [-0.2, 0) is 9.59 Å². The van der Waals surface area contributed by atoms with Gasteiger partial charge in [-0.05, 0) is 56.4 Å². The molecule has 1 fully saturated rings. The van der Waals surface area contributed by atoms with Crippen LogP contribution in [0.25, 0.3) is 0 Å². The third kappa shape index (κ3) is 4.13. The van der Waals surface area contributed by atoms with Crippen molar-refractivity contribution in [3.8, 4) is 11.5 Å². The predicted octanol–water partition coefficient (Wildman–Crippen LogP) is 3.49. The normalized spacial score (nSPS) is 18.4. The second-order valence-corrected chi connectivity index (χ2v) is 7.97. The van der Waals surface area contributed by atoms with Crippen molar-refractivity contribution >= 4 is 17.5 Å². The minimum absolute atomic E-state index is 0.0438. The molecular weight excluding hydrogens is 380 g/mol. The summed E-state index contributed by atoms with van der Waals surface area (Å²) in [7, 11) is 0. The molecule has 2 amide bonds. The maximum atomic E-state index is 13.1. The van der Waals surface area contributed by atoms with Crippen molar-refractivity contribution < 1.29 is 19.1 Å². The van der Waals surface area contributed by atoms with Gasteiger partial charge in [-0.2, -0.15) is 0 Å². The predicted molar refractivity (Wildman–Crippen MR) is 115 cm³/mol. The van der Waals surface area contributed by atoms with E-state index in [9.17, 15) is 9.59 Å². The SMILES string of the molecule is Cc1cccc(C)c1OCC(=O)N1C[C@H](C(=O)N2CCCCC2)Oc2ccccc21. The van der Waals surface area contributed by atoms with Crippen LogP contribution in [0.2, 0.25) is 0 Å². The molecule has 2 aromatic carbocycles. The summed E-state index contributed by atoms with van der Waals surface area (Å²) < 4.78 is 11.9. The first-order valence-corrected chi connectivity index (χ1v) is 10.6. The van der Waals surface area contributed by atoms with Crippen LogP contribution >= 0.6 is 0 Å². The minimum atomic E-state index is -0.692. The lowest BCUT2D eigenvalue weighted by molar-refractivity contribution is -0.139. The highest BCUT2D eigenvalue weighted by Gasteiger charge is 2.36. The van der Waals surface area contributed by atoms with E-state index in [0.29, 0.717) is 11.4 Å². The number of para-hydroxylation sites is 3. The quantitative estimate of drug-likeness (QED) is 0.777. The van der Waals surface area contributed by atoms with E-state index in [1.165, 1.54) is 0 Å². The van der Waals surface area contributed by atoms with Crippen LogP contribution in [0.4, 0.5) is 5.69 Å². The van der Waals surface area contributed by atoms with E-state index in [4.69, 9.17) is 9.47 Å². The highest BCUT2D eigenvalue weighted by molar-refractivity contribution is 5.98. The molecule has 158 valence electrons. The smallest absolute Gasteiger partial charge is 0.265 e. The lowest BCUT2D eigenvalue weighted by atomic mass is 10.1. The molecule has 0 radical (unpaired) electrons. The average molecular weight is 408 g/mol. The Hall–Kier alpha value is -3.02. The summed E-state index contributed by atoms with van der Waals surface area (Å²) in [5.74, 6) is 1.05. The van der Waals surface area contributed by atoms with Crippen molar-refractivity contribution in [1.82, 2.24) is 4.90 Å². The molecule has 6 nitrogen and oxygen atoms in total. The topological polar surface area (TPSA) is 59.1 Å². The van der Waals surface area contributed by atoms with Gasteiger partial charge in [-0.3, -0.25) is 9.59 Å². The Kier molecular flexibility index (Phi) is 5.93. The van der Waals surface area contributed by atoms with Gasteiger partial charge in [0.25, 0.3) is 11.8 Å². The van der Waals surface area contributed by atoms with Crippen LogP contribution in [0, 0.1) is 13.8 Å². The van der Waals surface area contributed by atoms with Crippen LogP contribution in [0.1, 0.15) is 30.4 Å². The number of benzene rings is 2. The zero-order chi connectivity index (χ0) is 21.1. The van der Waals surface area contributed by atoms with E-state index in [1.807, 2.05) is 55.1 Å². The van der Waals surface area contributed by atoms with Gasteiger partial charge in [0, 0.05) is 13.1 Å². The second kappa shape index (κ2) is 8.78. The van der Waals surface area contributed by atoms with Gasteiger partial charge in [-0.15, -0.1) is 0 Å². The first kappa shape index (κ1) is 20.3. The molecule has 0 saturated carbocycles. The summed E-state index contributed by atoms with van der Waals surface area (Å²) in [5.41, 5.74) is 2.65. The molecule has 2 aromatic rings. The zero-order valence-corrected chi connectivity index (χ0v) is 17.6. The molecule has 2 aliphatic heterocycles. The van der Waals surface area contributed by atoms with E-state index >= 15 is 0 Å². The van der Waals surface area contributed by atoms with Gasteiger partial charge >= 0.3 is 0 Å². The Morgan fingerprint density at radius 3 is 2.43 bits per heavy atom. The van der Waals surface area contributed by atoms with Gasteiger partial charge in [0.05, 0.1) is 12.2 Å². The molecule has 1 atom stereocenters. The van der Waals surface area contributed by atoms with Gasteiger partial charge in [0.1, 0.15) is 11.5 Å². The summed E-state index contributed by atoms with van der Waals surface area (Å²) in [5, 5.41) is 0. The lowest BCUT2D eigenvalue weighted by Crippen LogP contribution is -2.53. The fraction of sp³-hybridized carbons (Fsp3) is 0.417. The summed E-state index contributed by atoms with van der Waals surface area (Å²) in [6.07, 6.45) is 2.49. The summed E-state index contributed by atoms with van der Waals surface area (Å²) in [4.78, 5) is 29.6. The summed E-state index contributed by atoms with van der Waals surface area (Å²) in [6, 6.07) is 13.2. The van der Waals surface area contributed by atoms with E-state index in [-0.39, 0.29) is 25.0 Å². The van der Waals surface area contributed by atoms with Crippen molar-refractivity contribution in [2.24, 2.45) is 0 Å². The number of fused-ring (bicyclic) bond motifs is 1. The number of hydrogen-bond donors (Lipinski definition) is 0. The van der Waals surface area contributed by atoms with E-state index in [1.54, 1.807) is 11.0 Å². The number of ether oxygens (including phenoxy) is 2.